The number of ether oxygens (including phenoxy) is 7. The molecule has 4 N–H and O–H groups in total. The van der Waals surface area contributed by atoms with Gasteiger partial charge in [0, 0.05) is 58.6 Å². The molecule has 4 rings (SSSR count). The van der Waals surface area contributed by atoms with Gasteiger partial charge in [-0.25, -0.2) is 0 Å². The molecule has 2 fully saturated rings. The highest BCUT2D eigenvalue weighted by Crippen LogP contribution is 2.39. The maximum Gasteiger partial charge on any atom is 0.229 e. The molecule has 2 aliphatic heterocycles. The Labute approximate surface area is 298 Å². The van der Waals surface area contributed by atoms with Crippen molar-refractivity contribution in [2.24, 2.45) is 0 Å². The standard InChI is InChI=1S/C36H52N2O13/c1-6-24-25(20-30(40)38(12-14-45-3)13-15-46-4)31(26(39)21-28(24)51-36-35(44)34(43)32(41)22(2)50-36)33(42)23-7-8-27(29(19-23)47-5)49-18-11-37-9-16-48-17-10-37/h7-8,19,21-22,32,34-36,39,41,43-44H,6,9-18,20H2,1-5H3/t22-,32+,34+,35-,36-/m0/s1. The molecule has 1 amide bonds. The van der Waals surface area contributed by atoms with Gasteiger partial charge in [-0.1, -0.05) is 6.92 Å². The summed E-state index contributed by atoms with van der Waals surface area (Å²) >= 11 is 0. The number of phenols is 1. The number of carbonyl (C=O) groups is 2. The predicted octanol–water partition coefficient (Wildman–Crippen LogP) is 0.775. The first-order valence-electron chi connectivity index (χ1n) is 17.2. The first kappa shape index (κ1) is 40.2. The first-order chi connectivity index (χ1) is 24.5. The zero-order valence-corrected chi connectivity index (χ0v) is 30.0. The molecule has 15 heteroatoms. The van der Waals surface area contributed by atoms with E-state index < -0.39 is 42.2 Å². The lowest BCUT2D eigenvalue weighted by molar-refractivity contribution is -0.268. The third kappa shape index (κ3) is 10.1. The Morgan fingerprint density at radius 3 is 2.22 bits per heavy atom. The second kappa shape index (κ2) is 19.3. The van der Waals surface area contributed by atoms with Crippen LogP contribution in [0, 0.1) is 0 Å². The number of morpholine rings is 1. The SMILES string of the molecule is CCc1c(O[C@@H]2O[C@@H](C)[C@@H](O)[C@@H](O)[C@@H]2O)cc(O)c(C(=O)c2ccc(OCCN3CCOCC3)c(OC)c2)c1CC(=O)N(CCOC)CCOC. The molecule has 2 aromatic rings. The van der Waals surface area contributed by atoms with Gasteiger partial charge in [0.25, 0.3) is 0 Å². The quantitative estimate of drug-likeness (QED) is 0.158. The molecule has 2 heterocycles. The molecule has 0 unspecified atom stereocenters. The van der Waals surface area contributed by atoms with E-state index in [-0.39, 0.29) is 67.5 Å². The monoisotopic (exact) mass is 720 g/mol. The van der Waals surface area contributed by atoms with Crippen LogP contribution in [0.3, 0.4) is 0 Å². The number of carbonyl (C=O) groups excluding carboxylic acids is 2. The van der Waals surface area contributed by atoms with Crippen molar-refractivity contribution < 1.29 is 63.2 Å². The first-order valence-corrected chi connectivity index (χ1v) is 17.2. The molecule has 51 heavy (non-hydrogen) atoms. The summed E-state index contributed by atoms with van der Waals surface area (Å²) in [5.74, 6) is -0.600. The molecule has 15 nitrogen and oxygen atoms in total. The number of aromatic hydroxyl groups is 1. The number of ketones is 1. The number of aliphatic hydroxyl groups excluding tert-OH is 3. The number of nitrogens with zero attached hydrogens (tertiary/aromatic N) is 2. The molecule has 2 aromatic carbocycles. The van der Waals surface area contributed by atoms with Crippen LogP contribution in [0.4, 0.5) is 0 Å². The lowest BCUT2D eigenvalue weighted by Crippen LogP contribution is -2.58. The van der Waals surface area contributed by atoms with Gasteiger partial charge in [-0.2, -0.15) is 0 Å². The Bertz CT molecular complexity index is 1440. The fourth-order valence-corrected chi connectivity index (χ4v) is 6.12. The molecule has 5 atom stereocenters. The van der Waals surface area contributed by atoms with E-state index in [4.69, 9.17) is 33.2 Å². The van der Waals surface area contributed by atoms with Crippen LogP contribution < -0.4 is 14.2 Å². The summed E-state index contributed by atoms with van der Waals surface area (Å²) in [4.78, 5) is 32.0. The van der Waals surface area contributed by atoms with Crippen molar-refractivity contribution in [2.45, 2.75) is 57.4 Å². The van der Waals surface area contributed by atoms with Crippen molar-refractivity contribution >= 4 is 11.7 Å². The van der Waals surface area contributed by atoms with Crippen LogP contribution in [0.1, 0.15) is 40.9 Å². The molecular weight excluding hydrogens is 668 g/mol. The van der Waals surface area contributed by atoms with Crippen LogP contribution in [0.25, 0.3) is 0 Å². The van der Waals surface area contributed by atoms with Crippen LogP contribution in [0.2, 0.25) is 0 Å². The highest BCUT2D eigenvalue weighted by Gasteiger charge is 2.43. The lowest BCUT2D eigenvalue weighted by atomic mass is 9.89. The van der Waals surface area contributed by atoms with Crippen molar-refractivity contribution in [3.05, 3.63) is 46.5 Å². The maximum atomic E-state index is 14.3. The van der Waals surface area contributed by atoms with Gasteiger partial charge in [-0.05, 0) is 42.7 Å². The van der Waals surface area contributed by atoms with E-state index in [0.717, 1.165) is 13.1 Å². The minimum atomic E-state index is -1.63. The fourth-order valence-electron chi connectivity index (χ4n) is 6.12. The summed E-state index contributed by atoms with van der Waals surface area (Å²) in [7, 11) is 4.52. The number of hydrogen-bond acceptors (Lipinski definition) is 14. The Kier molecular flexibility index (Phi) is 15.3. The van der Waals surface area contributed by atoms with E-state index in [1.54, 1.807) is 24.0 Å². The lowest BCUT2D eigenvalue weighted by Gasteiger charge is -2.39. The smallest absolute Gasteiger partial charge is 0.229 e. The largest absolute Gasteiger partial charge is 0.507 e. The van der Waals surface area contributed by atoms with Crippen molar-refractivity contribution in [3.63, 3.8) is 0 Å². The molecule has 0 aromatic heterocycles. The van der Waals surface area contributed by atoms with Crippen LogP contribution in [0.15, 0.2) is 24.3 Å². The van der Waals surface area contributed by atoms with Gasteiger partial charge in [0.15, 0.2) is 17.3 Å². The maximum absolute atomic E-state index is 14.3. The van der Waals surface area contributed by atoms with Gasteiger partial charge in [0.1, 0.15) is 36.4 Å². The minimum Gasteiger partial charge on any atom is -0.507 e. The Hall–Kier alpha value is -3.54. The summed E-state index contributed by atoms with van der Waals surface area (Å²) in [5, 5.41) is 42.7. The van der Waals surface area contributed by atoms with Crippen LogP contribution in [-0.2, 0) is 36.6 Å². The third-order valence-corrected chi connectivity index (χ3v) is 9.13. The molecule has 2 aliphatic rings. The van der Waals surface area contributed by atoms with E-state index in [2.05, 4.69) is 4.90 Å². The number of aliphatic hydroxyl groups is 3. The van der Waals surface area contributed by atoms with Gasteiger partial charge in [0.05, 0.1) is 51.6 Å². The Morgan fingerprint density at radius 1 is 0.902 bits per heavy atom. The van der Waals surface area contributed by atoms with Crippen molar-refractivity contribution in [3.8, 4) is 23.0 Å². The van der Waals surface area contributed by atoms with E-state index >= 15 is 0 Å². The summed E-state index contributed by atoms with van der Waals surface area (Å²) in [6, 6.07) is 5.95. The minimum absolute atomic E-state index is 0.0381. The molecule has 2 saturated heterocycles. The number of rotatable bonds is 18. The Balaban J connectivity index is 1.71. The topological polar surface area (TPSA) is 186 Å². The van der Waals surface area contributed by atoms with Crippen LogP contribution in [-0.4, -0.2) is 160 Å². The number of phenolic OH excluding ortho intramolecular Hbond substituents is 1. The molecule has 0 radical (unpaired) electrons. The molecular formula is C36H52N2O13. The summed E-state index contributed by atoms with van der Waals surface area (Å²) < 4.78 is 39.1. The summed E-state index contributed by atoms with van der Waals surface area (Å²) in [6.07, 6.45) is -6.90. The van der Waals surface area contributed by atoms with E-state index in [1.165, 1.54) is 40.4 Å². The van der Waals surface area contributed by atoms with Crippen molar-refractivity contribution in [2.75, 3.05) is 87.1 Å². The molecule has 0 aliphatic carbocycles. The highest BCUT2D eigenvalue weighted by atomic mass is 16.7. The van der Waals surface area contributed by atoms with Gasteiger partial charge < -0.3 is 58.5 Å². The van der Waals surface area contributed by atoms with E-state index in [9.17, 15) is 30.0 Å². The second-order valence-corrected chi connectivity index (χ2v) is 12.4. The van der Waals surface area contributed by atoms with E-state index in [1.807, 2.05) is 0 Å². The van der Waals surface area contributed by atoms with Crippen LogP contribution >= 0.6 is 0 Å². The third-order valence-electron chi connectivity index (χ3n) is 9.13. The fraction of sp³-hybridized carbons (Fsp3) is 0.611. The average molecular weight is 721 g/mol. The van der Waals surface area contributed by atoms with Crippen molar-refractivity contribution in [1.82, 2.24) is 9.80 Å². The van der Waals surface area contributed by atoms with Gasteiger partial charge in [-0.3, -0.25) is 14.5 Å². The van der Waals surface area contributed by atoms with Crippen LogP contribution in [0.5, 0.6) is 23.0 Å². The molecule has 0 saturated carbocycles. The molecule has 0 spiro atoms. The Morgan fingerprint density at radius 2 is 1.59 bits per heavy atom. The summed E-state index contributed by atoms with van der Waals surface area (Å²) in [6.45, 7) is 8.44. The van der Waals surface area contributed by atoms with Gasteiger partial charge in [-0.15, -0.1) is 0 Å². The number of amides is 1. The van der Waals surface area contributed by atoms with Gasteiger partial charge in [0.2, 0.25) is 12.2 Å². The molecule has 284 valence electrons. The number of benzene rings is 2. The average Bonchev–Trinajstić information content (AvgIpc) is 3.13. The number of hydrogen-bond donors (Lipinski definition) is 4. The predicted molar refractivity (Wildman–Crippen MR) is 184 cm³/mol. The second-order valence-electron chi connectivity index (χ2n) is 12.4. The number of methoxy groups -OCH3 is 3. The van der Waals surface area contributed by atoms with E-state index in [0.29, 0.717) is 43.4 Å². The normalized spacial score (nSPS) is 22.4. The zero-order chi connectivity index (χ0) is 37.1. The van der Waals surface area contributed by atoms with Crippen molar-refractivity contribution in [1.29, 1.82) is 0 Å². The highest BCUT2D eigenvalue weighted by molar-refractivity contribution is 6.12. The molecule has 0 bridgehead atoms. The van der Waals surface area contributed by atoms with Gasteiger partial charge >= 0.3 is 0 Å². The summed E-state index contributed by atoms with van der Waals surface area (Å²) in [5.41, 5.74) is 0.691. The zero-order valence-electron chi connectivity index (χ0n) is 30.0.